The lowest BCUT2D eigenvalue weighted by molar-refractivity contribution is -0.110. The van der Waals surface area contributed by atoms with Gasteiger partial charge in [0.25, 0.3) is 5.91 Å². The Balaban J connectivity index is 2.64. The lowest BCUT2D eigenvalue weighted by Crippen LogP contribution is -2.32. The highest BCUT2D eigenvalue weighted by Crippen LogP contribution is 2.04. The number of nitrogens with one attached hydrogen (secondary N) is 1. The SMILES string of the molecule is CN(C)C/C(=N/O)C(=O)Nc1ccccc1. The average molecular weight is 221 g/mol. The van der Waals surface area contributed by atoms with Crippen LogP contribution in [0.3, 0.4) is 0 Å². The van der Waals surface area contributed by atoms with Crippen LogP contribution in [0.4, 0.5) is 5.69 Å². The summed E-state index contributed by atoms with van der Waals surface area (Å²) in [4.78, 5) is 13.4. The monoisotopic (exact) mass is 221 g/mol. The van der Waals surface area contributed by atoms with Gasteiger partial charge in [-0.2, -0.15) is 0 Å². The van der Waals surface area contributed by atoms with Crippen molar-refractivity contribution in [3.63, 3.8) is 0 Å². The number of benzene rings is 1. The molecule has 1 amide bonds. The Morgan fingerprint density at radius 2 is 2.00 bits per heavy atom. The number of carbonyl (C=O) groups excluding carboxylic acids is 1. The smallest absolute Gasteiger partial charge is 0.274 e. The summed E-state index contributed by atoms with van der Waals surface area (Å²) in [6.45, 7) is 0.287. The fourth-order valence-corrected chi connectivity index (χ4v) is 1.17. The van der Waals surface area contributed by atoms with Gasteiger partial charge in [-0.3, -0.25) is 4.79 Å². The molecule has 1 rings (SSSR count). The second-order valence-corrected chi connectivity index (χ2v) is 3.60. The predicted octanol–water partition coefficient (Wildman–Crippen LogP) is 1.02. The zero-order valence-corrected chi connectivity index (χ0v) is 9.34. The lowest BCUT2D eigenvalue weighted by atomic mass is 10.3. The van der Waals surface area contributed by atoms with Gasteiger partial charge in [0.15, 0.2) is 5.71 Å². The van der Waals surface area contributed by atoms with E-state index in [1.807, 2.05) is 18.2 Å². The quantitative estimate of drug-likeness (QED) is 0.453. The van der Waals surface area contributed by atoms with Gasteiger partial charge in [0.05, 0.1) is 0 Å². The third-order valence-electron chi connectivity index (χ3n) is 1.88. The summed E-state index contributed by atoms with van der Waals surface area (Å²) in [7, 11) is 3.59. The van der Waals surface area contributed by atoms with Crippen molar-refractivity contribution in [1.29, 1.82) is 0 Å². The highest BCUT2D eigenvalue weighted by atomic mass is 16.4. The number of amides is 1. The summed E-state index contributed by atoms with van der Waals surface area (Å²) in [5, 5.41) is 14.4. The molecule has 1 aromatic carbocycles. The van der Waals surface area contributed by atoms with Gasteiger partial charge >= 0.3 is 0 Å². The van der Waals surface area contributed by atoms with Gasteiger partial charge in [-0.1, -0.05) is 23.4 Å². The molecule has 0 aliphatic heterocycles. The predicted molar refractivity (Wildman–Crippen MR) is 62.8 cm³/mol. The van der Waals surface area contributed by atoms with Crippen molar-refractivity contribution in [2.45, 2.75) is 0 Å². The van der Waals surface area contributed by atoms with Crippen molar-refractivity contribution in [3.05, 3.63) is 30.3 Å². The number of oxime groups is 1. The summed E-state index contributed by atoms with van der Waals surface area (Å²) < 4.78 is 0. The van der Waals surface area contributed by atoms with Crippen LogP contribution in [0.25, 0.3) is 0 Å². The molecule has 0 aliphatic rings. The van der Waals surface area contributed by atoms with Gasteiger partial charge < -0.3 is 15.4 Å². The highest BCUT2D eigenvalue weighted by molar-refractivity contribution is 6.43. The molecule has 0 fully saturated rings. The van der Waals surface area contributed by atoms with E-state index in [2.05, 4.69) is 10.5 Å². The normalized spacial score (nSPS) is 11.6. The van der Waals surface area contributed by atoms with Crippen molar-refractivity contribution in [2.75, 3.05) is 26.0 Å². The molecule has 86 valence electrons. The number of carbonyl (C=O) groups is 1. The molecule has 0 heterocycles. The zero-order chi connectivity index (χ0) is 12.0. The van der Waals surface area contributed by atoms with Crippen LogP contribution in [0.15, 0.2) is 35.5 Å². The van der Waals surface area contributed by atoms with Gasteiger partial charge in [0, 0.05) is 12.2 Å². The molecule has 5 heteroatoms. The first-order valence-electron chi connectivity index (χ1n) is 4.85. The van der Waals surface area contributed by atoms with Crippen LogP contribution < -0.4 is 5.32 Å². The lowest BCUT2D eigenvalue weighted by Gasteiger charge is -2.10. The number of nitrogens with zero attached hydrogens (tertiary/aromatic N) is 2. The minimum absolute atomic E-state index is 0.0776. The summed E-state index contributed by atoms with van der Waals surface area (Å²) >= 11 is 0. The molecular formula is C11H15N3O2. The molecule has 0 spiro atoms. The molecule has 0 bridgehead atoms. The summed E-state index contributed by atoms with van der Waals surface area (Å²) in [6.07, 6.45) is 0. The topological polar surface area (TPSA) is 64.9 Å². The van der Waals surface area contributed by atoms with E-state index in [0.29, 0.717) is 5.69 Å². The van der Waals surface area contributed by atoms with Gasteiger partial charge in [0.1, 0.15) is 0 Å². The molecule has 0 aromatic heterocycles. The van der Waals surface area contributed by atoms with Crippen LogP contribution in [0, 0.1) is 0 Å². The Kier molecular flexibility index (Phi) is 4.47. The van der Waals surface area contributed by atoms with Crippen LogP contribution in [-0.4, -0.2) is 42.4 Å². The Hall–Kier alpha value is -1.88. The maximum atomic E-state index is 11.7. The molecule has 5 nitrogen and oxygen atoms in total. The van der Waals surface area contributed by atoms with Crippen molar-refractivity contribution >= 4 is 17.3 Å². The third-order valence-corrected chi connectivity index (χ3v) is 1.88. The van der Waals surface area contributed by atoms with E-state index < -0.39 is 5.91 Å². The second kappa shape index (κ2) is 5.87. The molecule has 1 aromatic rings. The van der Waals surface area contributed by atoms with Crippen LogP contribution in [0.5, 0.6) is 0 Å². The van der Waals surface area contributed by atoms with Crippen LogP contribution in [0.2, 0.25) is 0 Å². The summed E-state index contributed by atoms with van der Waals surface area (Å²) in [6, 6.07) is 9.02. The van der Waals surface area contributed by atoms with E-state index >= 15 is 0 Å². The molecule has 0 aliphatic carbocycles. The molecule has 0 saturated carbocycles. The molecule has 16 heavy (non-hydrogen) atoms. The van der Waals surface area contributed by atoms with E-state index in [1.165, 1.54) is 0 Å². The van der Waals surface area contributed by atoms with Crippen molar-refractivity contribution < 1.29 is 10.0 Å². The van der Waals surface area contributed by atoms with Gasteiger partial charge in [-0.05, 0) is 26.2 Å². The van der Waals surface area contributed by atoms with Gasteiger partial charge in [-0.25, -0.2) is 0 Å². The second-order valence-electron chi connectivity index (χ2n) is 3.60. The minimum Gasteiger partial charge on any atom is -0.410 e. The number of rotatable bonds is 4. The van der Waals surface area contributed by atoms with Gasteiger partial charge in [0.2, 0.25) is 0 Å². The first kappa shape index (κ1) is 12.2. The molecule has 0 unspecified atom stereocenters. The third kappa shape index (κ3) is 3.70. The minimum atomic E-state index is -0.401. The van der Waals surface area contributed by atoms with E-state index in [-0.39, 0.29) is 12.3 Å². The van der Waals surface area contributed by atoms with E-state index in [0.717, 1.165) is 0 Å². The maximum Gasteiger partial charge on any atom is 0.274 e. The number of hydrogen-bond acceptors (Lipinski definition) is 4. The molecule has 0 radical (unpaired) electrons. The van der Waals surface area contributed by atoms with E-state index in [9.17, 15) is 4.79 Å². The fourth-order valence-electron chi connectivity index (χ4n) is 1.17. The van der Waals surface area contributed by atoms with Crippen molar-refractivity contribution in [2.24, 2.45) is 5.16 Å². The number of anilines is 1. The van der Waals surface area contributed by atoms with Crippen LogP contribution >= 0.6 is 0 Å². The van der Waals surface area contributed by atoms with Crippen LogP contribution in [-0.2, 0) is 4.79 Å². The Morgan fingerprint density at radius 3 is 2.50 bits per heavy atom. The average Bonchev–Trinajstić information content (AvgIpc) is 2.26. The van der Waals surface area contributed by atoms with Crippen LogP contribution in [0.1, 0.15) is 0 Å². The summed E-state index contributed by atoms with van der Waals surface area (Å²) in [5.41, 5.74) is 0.751. The first-order valence-corrected chi connectivity index (χ1v) is 4.85. The maximum absolute atomic E-state index is 11.7. The van der Waals surface area contributed by atoms with Crippen molar-refractivity contribution in [1.82, 2.24) is 4.90 Å². The fraction of sp³-hybridized carbons (Fsp3) is 0.273. The summed E-state index contributed by atoms with van der Waals surface area (Å²) in [5.74, 6) is -0.401. The zero-order valence-electron chi connectivity index (χ0n) is 9.34. The molecular weight excluding hydrogens is 206 g/mol. The van der Waals surface area contributed by atoms with E-state index in [1.54, 1.807) is 31.1 Å². The standard InChI is InChI=1S/C11H15N3O2/c1-14(2)8-10(13-16)11(15)12-9-6-4-3-5-7-9/h3-7,16H,8H2,1-2H3,(H,12,15)/b13-10-. The highest BCUT2D eigenvalue weighted by Gasteiger charge is 2.12. The Morgan fingerprint density at radius 1 is 1.38 bits per heavy atom. The Bertz CT molecular complexity index is 374. The van der Waals surface area contributed by atoms with E-state index in [4.69, 9.17) is 5.21 Å². The largest absolute Gasteiger partial charge is 0.410 e. The molecule has 0 atom stereocenters. The molecule has 2 N–H and O–H groups in total. The number of para-hydroxylation sites is 1. The Labute approximate surface area is 94.4 Å². The van der Waals surface area contributed by atoms with Crippen molar-refractivity contribution in [3.8, 4) is 0 Å². The molecule has 0 saturated heterocycles. The first-order chi connectivity index (χ1) is 7.63. The van der Waals surface area contributed by atoms with Gasteiger partial charge in [-0.15, -0.1) is 0 Å². The number of hydrogen-bond donors (Lipinski definition) is 2.